The number of esters is 1. The van der Waals surface area contributed by atoms with Gasteiger partial charge in [0.25, 0.3) is 0 Å². The monoisotopic (exact) mass is 248 g/mol. The van der Waals surface area contributed by atoms with Crippen molar-refractivity contribution >= 4 is 17.7 Å². The minimum absolute atomic E-state index is 0.334. The fourth-order valence-corrected chi connectivity index (χ4v) is 0.965. The number of hydrogen-bond donors (Lipinski definition) is 0. The molecule has 0 aromatic carbocycles. The Morgan fingerprint density at radius 2 is 1.81 bits per heavy atom. The zero-order valence-electron chi connectivity index (χ0n) is 11.3. The molecule has 0 unspecified atom stereocenters. The summed E-state index contributed by atoms with van der Waals surface area (Å²) in [6.45, 7) is 11.1. The molecule has 0 N–H and O–H groups in total. The number of ether oxygens (including phenoxy) is 1. The summed E-state index contributed by atoms with van der Waals surface area (Å²) in [5, 5.41) is 0. The topological polar surface area (TPSA) is 26.3 Å². The zero-order valence-corrected chi connectivity index (χ0v) is 12.1. The molecular weight excluding hydrogens is 222 g/mol. The number of rotatable bonds is 6. The van der Waals surface area contributed by atoms with E-state index in [9.17, 15) is 4.79 Å². The van der Waals surface area contributed by atoms with Gasteiger partial charge in [0, 0.05) is 6.08 Å². The Morgan fingerprint density at radius 3 is 2.12 bits per heavy atom. The van der Waals surface area contributed by atoms with Crippen molar-refractivity contribution in [2.24, 2.45) is 0 Å². The number of quaternary nitrogens is 1. The van der Waals surface area contributed by atoms with E-state index >= 15 is 0 Å². The molecule has 0 fully saturated rings. The molecule has 0 aliphatic heterocycles. The molecule has 0 bridgehead atoms. The predicted molar refractivity (Wildman–Crippen MR) is 72.7 cm³/mol. The van der Waals surface area contributed by atoms with E-state index in [4.69, 9.17) is 4.74 Å². The molecule has 0 aromatic rings. The van der Waals surface area contributed by atoms with Gasteiger partial charge in [0.2, 0.25) is 0 Å². The van der Waals surface area contributed by atoms with Crippen LogP contribution in [-0.2, 0) is 9.53 Å². The summed E-state index contributed by atoms with van der Waals surface area (Å²) in [6, 6.07) is 0. The molecule has 0 saturated heterocycles. The lowest BCUT2D eigenvalue weighted by Gasteiger charge is -2.31. The summed E-state index contributed by atoms with van der Waals surface area (Å²) in [5.41, 5.74) is 0. The third kappa shape index (κ3) is 10.1. The molecule has 0 amide bonds. The number of carbonyl (C=O) groups excluding carboxylic acids is 1. The van der Waals surface area contributed by atoms with Crippen LogP contribution in [0.3, 0.4) is 0 Å². The van der Waals surface area contributed by atoms with E-state index in [0.29, 0.717) is 6.61 Å². The van der Waals surface area contributed by atoms with Crippen LogP contribution in [0.2, 0.25) is 0 Å². The number of likely N-dealkylation sites (N-methyl/N-ethyl adjacent to an activating group) is 1. The highest BCUT2D eigenvalue weighted by Gasteiger charge is 2.16. The van der Waals surface area contributed by atoms with E-state index in [1.807, 2.05) is 12.5 Å². The molecule has 0 spiro atoms. The van der Waals surface area contributed by atoms with Gasteiger partial charge in [0.15, 0.2) is 0 Å². The SMILES string of the molecule is C=CC(=O)OCC[N+](C)(CC)CC.CSC. The van der Waals surface area contributed by atoms with Crippen molar-refractivity contribution in [3.8, 4) is 0 Å². The van der Waals surface area contributed by atoms with Crippen LogP contribution in [0, 0.1) is 0 Å². The van der Waals surface area contributed by atoms with E-state index < -0.39 is 0 Å². The lowest BCUT2D eigenvalue weighted by molar-refractivity contribution is -0.906. The maximum Gasteiger partial charge on any atom is 0.330 e. The molecule has 16 heavy (non-hydrogen) atoms. The maximum atomic E-state index is 10.7. The molecule has 0 aliphatic carbocycles. The van der Waals surface area contributed by atoms with E-state index in [-0.39, 0.29) is 5.97 Å². The molecule has 0 aliphatic rings. The highest BCUT2D eigenvalue weighted by atomic mass is 32.2. The first kappa shape index (κ1) is 17.9. The molecule has 0 radical (unpaired) electrons. The van der Waals surface area contributed by atoms with Crippen LogP contribution < -0.4 is 0 Å². The number of hydrogen-bond acceptors (Lipinski definition) is 3. The minimum atomic E-state index is -0.334. The Bertz CT molecular complexity index is 191. The second-order valence-electron chi connectivity index (χ2n) is 3.76. The Labute approximate surface area is 104 Å². The molecule has 96 valence electrons. The van der Waals surface area contributed by atoms with E-state index in [2.05, 4.69) is 27.5 Å². The van der Waals surface area contributed by atoms with Crippen LogP contribution in [-0.4, -0.2) is 56.3 Å². The minimum Gasteiger partial charge on any atom is -0.457 e. The lowest BCUT2D eigenvalue weighted by Crippen LogP contribution is -2.46. The van der Waals surface area contributed by atoms with Gasteiger partial charge in [-0.1, -0.05) is 6.58 Å². The average Bonchev–Trinajstić information content (AvgIpc) is 2.29. The first-order valence-electron chi connectivity index (χ1n) is 5.52. The summed E-state index contributed by atoms with van der Waals surface area (Å²) in [4.78, 5) is 10.7. The fraction of sp³-hybridized carbons (Fsp3) is 0.750. The summed E-state index contributed by atoms with van der Waals surface area (Å²) >= 11 is 1.75. The van der Waals surface area contributed by atoms with Crippen LogP contribution >= 0.6 is 11.8 Å². The smallest absolute Gasteiger partial charge is 0.330 e. The Morgan fingerprint density at radius 1 is 1.38 bits per heavy atom. The summed E-state index contributed by atoms with van der Waals surface area (Å²) in [7, 11) is 2.15. The number of thioether (sulfide) groups is 1. The fourth-order valence-electron chi connectivity index (χ4n) is 0.965. The van der Waals surface area contributed by atoms with Gasteiger partial charge >= 0.3 is 5.97 Å². The average molecular weight is 248 g/mol. The van der Waals surface area contributed by atoms with Gasteiger partial charge in [-0.3, -0.25) is 0 Å². The summed E-state index contributed by atoms with van der Waals surface area (Å²) in [5.74, 6) is -0.334. The molecule has 0 saturated carbocycles. The predicted octanol–water partition coefficient (Wildman–Crippen LogP) is 2.18. The molecular formula is C12H26NO2S+. The second-order valence-corrected chi connectivity index (χ2v) is 4.57. The van der Waals surface area contributed by atoms with Crippen molar-refractivity contribution < 1.29 is 14.0 Å². The Hall–Kier alpha value is -0.480. The van der Waals surface area contributed by atoms with Crippen molar-refractivity contribution in [3.05, 3.63) is 12.7 Å². The third-order valence-corrected chi connectivity index (χ3v) is 2.57. The van der Waals surface area contributed by atoms with E-state index in [1.54, 1.807) is 11.8 Å². The number of carbonyl (C=O) groups is 1. The van der Waals surface area contributed by atoms with Gasteiger partial charge in [-0.2, -0.15) is 11.8 Å². The van der Waals surface area contributed by atoms with Gasteiger partial charge in [-0.25, -0.2) is 4.79 Å². The number of nitrogens with zero attached hydrogens (tertiary/aromatic N) is 1. The van der Waals surface area contributed by atoms with Crippen LogP contribution in [0.25, 0.3) is 0 Å². The van der Waals surface area contributed by atoms with Crippen LogP contribution in [0.4, 0.5) is 0 Å². The normalized spacial score (nSPS) is 10.1. The maximum absolute atomic E-state index is 10.7. The highest BCUT2D eigenvalue weighted by molar-refractivity contribution is 7.97. The van der Waals surface area contributed by atoms with Crippen molar-refractivity contribution in [2.75, 3.05) is 45.8 Å². The van der Waals surface area contributed by atoms with Crippen molar-refractivity contribution in [2.45, 2.75) is 13.8 Å². The van der Waals surface area contributed by atoms with Gasteiger partial charge in [0.05, 0.1) is 20.1 Å². The molecule has 0 heterocycles. The quantitative estimate of drug-likeness (QED) is 0.409. The van der Waals surface area contributed by atoms with E-state index in [1.165, 1.54) is 6.08 Å². The largest absolute Gasteiger partial charge is 0.457 e. The first-order valence-corrected chi connectivity index (χ1v) is 7.15. The van der Waals surface area contributed by atoms with Crippen molar-refractivity contribution in [1.82, 2.24) is 0 Å². The summed E-state index contributed by atoms with van der Waals surface area (Å²) in [6.07, 6.45) is 5.28. The Kier molecular flexibility index (Phi) is 12.3. The molecule has 0 rings (SSSR count). The molecule has 4 heteroatoms. The van der Waals surface area contributed by atoms with Gasteiger partial charge < -0.3 is 9.22 Å². The molecule has 3 nitrogen and oxygen atoms in total. The molecule has 0 atom stereocenters. The standard InChI is InChI=1S/C10H20NO2.C2H6S/c1-5-10(12)13-9-8-11(4,6-2)7-3;1-3-2/h5H,1,6-9H2,2-4H3;1-2H3/q+1;. The van der Waals surface area contributed by atoms with Crippen LogP contribution in [0.1, 0.15) is 13.8 Å². The zero-order chi connectivity index (χ0) is 13.0. The Balaban J connectivity index is 0. The van der Waals surface area contributed by atoms with Crippen molar-refractivity contribution in [3.63, 3.8) is 0 Å². The first-order chi connectivity index (χ1) is 7.49. The second kappa shape index (κ2) is 11.0. The van der Waals surface area contributed by atoms with Gasteiger partial charge in [0.1, 0.15) is 13.2 Å². The summed E-state index contributed by atoms with van der Waals surface area (Å²) < 4.78 is 5.85. The van der Waals surface area contributed by atoms with Crippen LogP contribution in [0.15, 0.2) is 12.7 Å². The highest BCUT2D eigenvalue weighted by Crippen LogP contribution is 2.00. The third-order valence-electron chi connectivity index (χ3n) is 2.57. The van der Waals surface area contributed by atoms with E-state index in [0.717, 1.165) is 24.1 Å². The lowest BCUT2D eigenvalue weighted by atomic mass is 10.4. The van der Waals surface area contributed by atoms with Gasteiger partial charge in [-0.15, -0.1) is 0 Å². The van der Waals surface area contributed by atoms with Crippen molar-refractivity contribution in [1.29, 1.82) is 0 Å². The molecule has 0 aromatic heterocycles. The van der Waals surface area contributed by atoms with Crippen LogP contribution in [0.5, 0.6) is 0 Å². The van der Waals surface area contributed by atoms with Gasteiger partial charge in [-0.05, 0) is 26.4 Å².